The Morgan fingerprint density at radius 3 is 2.81 bits per heavy atom. The molecule has 2 aromatic heterocycles. The van der Waals surface area contributed by atoms with Crippen LogP contribution in [0.5, 0.6) is 0 Å². The minimum atomic E-state index is -1.82. The summed E-state index contributed by atoms with van der Waals surface area (Å²) in [5.74, 6) is -0.722. The molecule has 2 aliphatic rings. The Morgan fingerprint density at radius 1 is 1.31 bits per heavy atom. The van der Waals surface area contributed by atoms with Crippen molar-refractivity contribution in [3.8, 4) is 11.4 Å². The molecule has 0 fully saturated rings. The van der Waals surface area contributed by atoms with Gasteiger partial charge in [-0.2, -0.15) is 0 Å². The first-order chi connectivity index (χ1) is 14.8. The third-order valence-corrected chi connectivity index (χ3v) is 5.96. The van der Waals surface area contributed by atoms with Gasteiger partial charge in [-0.3, -0.25) is 4.79 Å². The first-order valence-corrected chi connectivity index (χ1v) is 10.1. The van der Waals surface area contributed by atoms with Gasteiger partial charge < -0.3 is 19.3 Å². The van der Waals surface area contributed by atoms with E-state index >= 15 is 0 Å². The zero-order valence-corrected chi connectivity index (χ0v) is 18.8. The number of aliphatic hydroxyl groups is 1. The second kappa shape index (κ2) is 7.72. The number of fused-ring (bicyclic) bond motifs is 5. The van der Waals surface area contributed by atoms with Crippen LogP contribution in [0.1, 0.15) is 30.0 Å². The van der Waals surface area contributed by atoms with Crippen LogP contribution in [-0.4, -0.2) is 46.0 Å². The van der Waals surface area contributed by atoms with Crippen molar-refractivity contribution in [1.29, 1.82) is 0 Å². The number of hydrogen-bond acceptors (Lipinski definition) is 6. The smallest absolute Gasteiger partial charge is 0.343 e. The van der Waals surface area contributed by atoms with Crippen molar-refractivity contribution in [2.24, 2.45) is 4.99 Å². The maximum atomic E-state index is 13.2. The van der Waals surface area contributed by atoms with Crippen LogP contribution in [0, 0.1) is 0 Å². The summed E-state index contributed by atoms with van der Waals surface area (Å²) in [6, 6.07) is 9.46. The van der Waals surface area contributed by atoms with Crippen molar-refractivity contribution in [1.82, 2.24) is 14.5 Å². The molecule has 8 nitrogen and oxygen atoms in total. The molecule has 0 radical (unpaired) electrons. The molecular formula is C23H23ClN4O4. The molecule has 1 atom stereocenters. The van der Waals surface area contributed by atoms with Gasteiger partial charge in [0.2, 0.25) is 0 Å². The minimum absolute atomic E-state index is 0. The molecule has 0 aliphatic carbocycles. The Hall–Kier alpha value is -3.23. The molecular weight excluding hydrogens is 432 g/mol. The quantitative estimate of drug-likeness (QED) is 0.290. The largest absolute Gasteiger partial charge is 0.458 e. The number of cyclic esters (lactones) is 1. The molecule has 0 bridgehead atoms. The molecule has 4 heterocycles. The van der Waals surface area contributed by atoms with Crippen LogP contribution in [0.3, 0.4) is 0 Å². The second-order valence-electron chi connectivity index (χ2n) is 8.15. The number of aliphatic imine (C=N–C) groups is 1. The van der Waals surface area contributed by atoms with E-state index in [0.29, 0.717) is 29.1 Å². The van der Waals surface area contributed by atoms with E-state index in [1.54, 1.807) is 23.9 Å². The van der Waals surface area contributed by atoms with E-state index in [9.17, 15) is 14.7 Å². The third-order valence-electron chi connectivity index (χ3n) is 5.96. The normalized spacial score (nSPS) is 18.7. The maximum absolute atomic E-state index is 13.2. The molecule has 0 saturated heterocycles. The topological polar surface area (TPSA) is 97.0 Å². The molecule has 166 valence electrons. The number of carbonyl (C=O) groups excluding carboxylic acids is 1. The number of hydrogen-bond donors (Lipinski definition) is 1. The monoisotopic (exact) mass is 454 g/mol. The number of nitrogens with zero attached hydrogens (tertiary/aromatic N) is 4. The van der Waals surface area contributed by atoms with E-state index in [2.05, 4.69) is 4.99 Å². The summed E-state index contributed by atoms with van der Waals surface area (Å²) in [6.07, 6.45) is 1.85. The molecule has 1 N–H and O–H groups in total. The maximum Gasteiger partial charge on any atom is 0.343 e. The predicted molar refractivity (Wildman–Crippen MR) is 124 cm³/mol. The summed E-state index contributed by atoms with van der Waals surface area (Å²) in [7, 11) is 3.81. The molecule has 5 rings (SSSR count). The summed E-state index contributed by atoms with van der Waals surface area (Å²) < 4.78 is 6.75. The molecule has 2 aliphatic heterocycles. The highest BCUT2D eigenvalue weighted by Gasteiger charge is 2.45. The molecule has 0 amide bonds. The fourth-order valence-corrected chi connectivity index (χ4v) is 4.28. The van der Waals surface area contributed by atoms with Crippen LogP contribution in [-0.2, 0) is 28.3 Å². The standard InChI is InChI=1S/C23H22N4O4.ClH/c1-4-23(30)16-9-19-20-13(10-27(19)21(28)15(16)11-31-22(23)29)8-14-17(24-12-26(2)3)6-5-7-18(14)25-20;/h5-9,12,30H,4,10-11H2,1-3H3;1H/t23-;/m0./s1. The van der Waals surface area contributed by atoms with E-state index in [1.165, 1.54) is 0 Å². The highest BCUT2D eigenvalue weighted by atomic mass is 35.5. The van der Waals surface area contributed by atoms with Crippen LogP contribution in [0.4, 0.5) is 5.69 Å². The number of pyridine rings is 2. The summed E-state index contributed by atoms with van der Waals surface area (Å²) >= 11 is 0. The number of aromatic nitrogens is 2. The highest BCUT2D eigenvalue weighted by Crippen LogP contribution is 2.39. The van der Waals surface area contributed by atoms with E-state index in [1.807, 2.05) is 43.3 Å². The van der Waals surface area contributed by atoms with Crippen molar-refractivity contribution in [2.75, 3.05) is 14.1 Å². The zero-order valence-electron chi connectivity index (χ0n) is 18.0. The summed E-state index contributed by atoms with van der Waals surface area (Å²) in [5, 5.41) is 11.9. The van der Waals surface area contributed by atoms with Gasteiger partial charge in [0.25, 0.3) is 5.56 Å². The van der Waals surface area contributed by atoms with Crippen LogP contribution in [0.25, 0.3) is 22.3 Å². The lowest BCUT2D eigenvalue weighted by molar-refractivity contribution is -0.172. The van der Waals surface area contributed by atoms with Crippen molar-refractivity contribution in [3.63, 3.8) is 0 Å². The average Bonchev–Trinajstić information content (AvgIpc) is 3.11. The Labute approximate surface area is 190 Å². The first kappa shape index (κ1) is 22.0. The van der Waals surface area contributed by atoms with Gasteiger partial charge in [0, 0.05) is 30.6 Å². The van der Waals surface area contributed by atoms with Crippen molar-refractivity contribution < 1.29 is 14.6 Å². The van der Waals surface area contributed by atoms with Crippen molar-refractivity contribution >= 4 is 41.3 Å². The number of esters is 1. The van der Waals surface area contributed by atoms with Gasteiger partial charge in [-0.15, -0.1) is 12.4 Å². The highest BCUT2D eigenvalue weighted by molar-refractivity contribution is 5.94. The Balaban J connectivity index is 0.00000245. The van der Waals surface area contributed by atoms with Gasteiger partial charge in [-0.1, -0.05) is 13.0 Å². The lowest BCUT2D eigenvalue weighted by Gasteiger charge is -2.31. The molecule has 3 aromatic rings. The summed E-state index contributed by atoms with van der Waals surface area (Å²) in [6.45, 7) is 1.92. The number of benzene rings is 1. The number of rotatable bonds is 3. The molecule has 0 spiro atoms. The lowest BCUT2D eigenvalue weighted by atomic mass is 9.86. The molecule has 32 heavy (non-hydrogen) atoms. The summed E-state index contributed by atoms with van der Waals surface area (Å²) in [5.41, 5.74) is 2.28. The van der Waals surface area contributed by atoms with Gasteiger partial charge in [-0.05, 0) is 30.7 Å². The van der Waals surface area contributed by atoms with Crippen LogP contribution >= 0.6 is 12.4 Å². The van der Waals surface area contributed by atoms with Crippen molar-refractivity contribution in [3.05, 3.63) is 57.4 Å². The number of carbonyl (C=O) groups is 1. The van der Waals surface area contributed by atoms with E-state index in [0.717, 1.165) is 22.2 Å². The van der Waals surface area contributed by atoms with Crippen molar-refractivity contribution in [2.45, 2.75) is 32.1 Å². The Morgan fingerprint density at radius 2 is 2.09 bits per heavy atom. The second-order valence-corrected chi connectivity index (χ2v) is 8.15. The fraction of sp³-hybridized carbons (Fsp3) is 0.304. The molecule has 1 aromatic carbocycles. The predicted octanol–water partition coefficient (Wildman–Crippen LogP) is 2.72. The van der Waals surface area contributed by atoms with Crippen LogP contribution in [0.2, 0.25) is 0 Å². The number of ether oxygens (including phenoxy) is 1. The molecule has 0 saturated carbocycles. The molecule has 9 heteroatoms. The molecule has 0 unspecified atom stereocenters. The van der Waals surface area contributed by atoms with Gasteiger partial charge in [0.05, 0.1) is 41.0 Å². The van der Waals surface area contributed by atoms with E-state index in [4.69, 9.17) is 9.72 Å². The average molecular weight is 455 g/mol. The van der Waals surface area contributed by atoms with Crippen LogP contribution in [0.15, 0.2) is 40.1 Å². The van der Waals surface area contributed by atoms with Gasteiger partial charge in [0.1, 0.15) is 6.61 Å². The Kier molecular flexibility index (Phi) is 5.30. The lowest BCUT2D eigenvalue weighted by Crippen LogP contribution is -2.44. The minimum Gasteiger partial charge on any atom is -0.458 e. The van der Waals surface area contributed by atoms with Gasteiger partial charge in [0.15, 0.2) is 5.60 Å². The fourth-order valence-electron chi connectivity index (χ4n) is 4.28. The zero-order chi connectivity index (χ0) is 21.9. The van der Waals surface area contributed by atoms with Gasteiger partial charge in [-0.25, -0.2) is 14.8 Å². The number of halogens is 1. The van der Waals surface area contributed by atoms with Crippen LogP contribution < -0.4 is 5.56 Å². The third kappa shape index (κ3) is 3.10. The van der Waals surface area contributed by atoms with E-state index < -0.39 is 11.6 Å². The van der Waals surface area contributed by atoms with E-state index in [-0.39, 0.29) is 31.0 Å². The summed E-state index contributed by atoms with van der Waals surface area (Å²) in [4.78, 5) is 36.7. The Bertz CT molecular complexity index is 1350. The van der Waals surface area contributed by atoms with Gasteiger partial charge >= 0.3 is 5.97 Å². The first-order valence-electron chi connectivity index (χ1n) is 10.1. The SMILES string of the molecule is CC[C@@]1(O)C(=O)OCc2c1cc1n(c2=O)Cc2cc3c(N=CN(C)C)cccc3nc2-1.Cl.